The molecule has 2 aromatic carbocycles. The maximum absolute atomic E-state index is 12.2. The third kappa shape index (κ3) is 4.85. The number of carbonyl (C=O) groups excluding carboxylic acids is 2. The summed E-state index contributed by atoms with van der Waals surface area (Å²) in [6.45, 7) is 1.75. The summed E-state index contributed by atoms with van der Waals surface area (Å²) in [5.41, 5.74) is 2.63. The Morgan fingerprint density at radius 1 is 0.923 bits per heavy atom. The van der Waals surface area contributed by atoms with E-state index in [1.165, 1.54) is 0 Å². The summed E-state index contributed by atoms with van der Waals surface area (Å²) in [5.74, 6) is 0.878. The molecule has 0 atom stereocenters. The van der Waals surface area contributed by atoms with Crippen molar-refractivity contribution in [3.05, 3.63) is 59.7 Å². The fraction of sp³-hybridized carbons (Fsp3) is 0.333. The van der Waals surface area contributed by atoms with E-state index in [0.717, 1.165) is 48.5 Å². The topological polar surface area (TPSA) is 58.6 Å². The van der Waals surface area contributed by atoms with E-state index < -0.39 is 0 Å². The first kappa shape index (κ1) is 18.0. The maximum atomic E-state index is 12.2. The lowest BCUT2D eigenvalue weighted by atomic mass is 10.1. The summed E-state index contributed by atoms with van der Waals surface area (Å²) in [4.78, 5) is 26.3. The molecule has 1 N–H and O–H groups in total. The van der Waals surface area contributed by atoms with Crippen LogP contribution in [0.4, 0.5) is 5.69 Å². The molecule has 0 aromatic heterocycles. The quantitative estimate of drug-likeness (QED) is 0.869. The molecular formula is C21H24N2O3. The molecule has 1 aliphatic rings. The van der Waals surface area contributed by atoms with Crippen molar-refractivity contribution < 1.29 is 14.3 Å². The molecule has 1 heterocycles. The fourth-order valence-electron chi connectivity index (χ4n) is 3.09. The molecule has 3 rings (SSSR count). The lowest BCUT2D eigenvalue weighted by Gasteiger charge is -2.15. The zero-order valence-corrected chi connectivity index (χ0v) is 15.0. The number of rotatable bonds is 6. The van der Waals surface area contributed by atoms with Gasteiger partial charge in [-0.15, -0.1) is 0 Å². The summed E-state index contributed by atoms with van der Waals surface area (Å²) >= 11 is 0. The van der Waals surface area contributed by atoms with Gasteiger partial charge in [0.25, 0.3) is 0 Å². The van der Waals surface area contributed by atoms with Crippen LogP contribution >= 0.6 is 0 Å². The molecule has 0 unspecified atom stereocenters. The van der Waals surface area contributed by atoms with Gasteiger partial charge in [0.05, 0.1) is 20.0 Å². The minimum Gasteiger partial charge on any atom is -0.497 e. The number of likely N-dealkylation sites (tertiary alicyclic amines) is 1. The van der Waals surface area contributed by atoms with Gasteiger partial charge in [-0.05, 0) is 48.2 Å². The Bertz CT molecular complexity index is 748. The summed E-state index contributed by atoms with van der Waals surface area (Å²) in [5, 5.41) is 2.89. The van der Waals surface area contributed by atoms with E-state index in [4.69, 9.17) is 4.74 Å². The Labute approximate surface area is 154 Å². The first-order valence-corrected chi connectivity index (χ1v) is 8.93. The van der Waals surface area contributed by atoms with E-state index >= 15 is 0 Å². The maximum Gasteiger partial charge on any atom is 0.228 e. The van der Waals surface area contributed by atoms with E-state index in [-0.39, 0.29) is 11.8 Å². The van der Waals surface area contributed by atoms with Crippen LogP contribution in [0.5, 0.6) is 5.75 Å². The highest BCUT2D eigenvalue weighted by Gasteiger charge is 2.17. The molecule has 0 aliphatic carbocycles. The number of methoxy groups -OCH3 is 1. The van der Waals surface area contributed by atoms with E-state index in [9.17, 15) is 9.59 Å². The number of nitrogens with one attached hydrogen (secondary N) is 1. The van der Waals surface area contributed by atoms with Crippen LogP contribution in [0.3, 0.4) is 0 Å². The standard InChI is InChI=1S/C21H24N2O3/c1-26-19-10-6-16(7-11-19)14-20(24)22-18-8-4-17(5-9-18)15-21(25)23-12-2-3-13-23/h4-11H,2-3,12-15H2,1H3,(H,22,24). The number of amides is 2. The first-order valence-electron chi connectivity index (χ1n) is 8.93. The van der Waals surface area contributed by atoms with Crippen molar-refractivity contribution >= 4 is 17.5 Å². The molecule has 0 radical (unpaired) electrons. The molecule has 26 heavy (non-hydrogen) atoms. The van der Waals surface area contributed by atoms with Crippen LogP contribution in [0.2, 0.25) is 0 Å². The molecule has 0 spiro atoms. The molecule has 5 heteroatoms. The molecular weight excluding hydrogens is 328 g/mol. The third-order valence-electron chi connectivity index (χ3n) is 4.58. The zero-order chi connectivity index (χ0) is 18.4. The van der Waals surface area contributed by atoms with Crippen molar-refractivity contribution in [1.82, 2.24) is 4.90 Å². The number of hydrogen-bond donors (Lipinski definition) is 1. The first-order chi connectivity index (χ1) is 12.6. The van der Waals surface area contributed by atoms with Crippen LogP contribution in [0.1, 0.15) is 24.0 Å². The van der Waals surface area contributed by atoms with Gasteiger partial charge in [-0.1, -0.05) is 24.3 Å². The summed E-state index contributed by atoms with van der Waals surface area (Å²) in [6.07, 6.45) is 2.93. The molecule has 1 saturated heterocycles. The van der Waals surface area contributed by atoms with Crippen molar-refractivity contribution in [3.63, 3.8) is 0 Å². The fourth-order valence-corrected chi connectivity index (χ4v) is 3.09. The summed E-state index contributed by atoms with van der Waals surface area (Å²) < 4.78 is 5.11. The Morgan fingerprint density at radius 2 is 1.50 bits per heavy atom. The van der Waals surface area contributed by atoms with Crippen molar-refractivity contribution in [2.24, 2.45) is 0 Å². The van der Waals surface area contributed by atoms with Gasteiger partial charge >= 0.3 is 0 Å². The van der Waals surface area contributed by atoms with Crippen molar-refractivity contribution in [2.45, 2.75) is 25.7 Å². The predicted octanol–water partition coefficient (Wildman–Crippen LogP) is 3.04. The Morgan fingerprint density at radius 3 is 2.12 bits per heavy atom. The minimum absolute atomic E-state index is 0.0731. The van der Waals surface area contributed by atoms with E-state index in [0.29, 0.717) is 12.8 Å². The van der Waals surface area contributed by atoms with Crippen molar-refractivity contribution in [3.8, 4) is 5.75 Å². The van der Waals surface area contributed by atoms with Gasteiger partial charge in [-0.3, -0.25) is 9.59 Å². The molecule has 136 valence electrons. The number of ether oxygens (including phenoxy) is 1. The molecule has 2 aromatic rings. The van der Waals surface area contributed by atoms with Gasteiger partial charge in [0.15, 0.2) is 0 Å². The lowest BCUT2D eigenvalue weighted by Crippen LogP contribution is -2.29. The summed E-state index contributed by atoms with van der Waals surface area (Å²) in [6, 6.07) is 14.9. The van der Waals surface area contributed by atoms with Crippen LogP contribution in [0.25, 0.3) is 0 Å². The van der Waals surface area contributed by atoms with Crippen LogP contribution < -0.4 is 10.1 Å². The van der Waals surface area contributed by atoms with Gasteiger partial charge < -0.3 is 15.0 Å². The number of nitrogens with zero attached hydrogens (tertiary/aromatic N) is 1. The molecule has 0 saturated carbocycles. The van der Waals surface area contributed by atoms with E-state index in [1.54, 1.807) is 7.11 Å². The third-order valence-corrected chi connectivity index (χ3v) is 4.58. The Hall–Kier alpha value is -2.82. The second kappa shape index (κ2) is 8.52. The highest BCUT2D eigenvalue weighted by molar-refractivity contribution is 5.92. The van der Waals surface area contributed by atoms with Gasteiger partial charge in [0.1, 0.15) is 5.75 Å². The van der Waals surface area contributed by atoms with Gasteiger partial charge in [-0.25, -0.2) is 0 Å². The second-order valence-corrected chi connectivity index (χ2v) is 6.53. The van der Waals surface area contributed by atoms with Crippen molar-refractivity contribution in [1.29, 1.82) is 0 Å². The molecule has 2 amide bonds. The Balaban J connectivity index is 1.51. The van der Waals surface area contributed by atoms with Crippen LogP contribution in [-0.2, 0) is 22.4 Å². The van der Waals surface area contributed by atoms with E-state index in [2.05, 4.69) is 5.32 Å². The molecule has 1 aliphatic heterocycles. The average Bonchev–Trinajstić information content (AvgIpc) is 3.19. The van der Waals surface area contributed by atoms with Crippen LogP contribution in [-0.4, -0.2) is 36.9 Å². The minimum atomic E-state index is -0.0731. The largest absolute Gasteiger partial charge is 0.497 e. The highest BCUT2D eigenvalue weighted by atomic mass is 16.5. The molecule has 1 fully saturated rings. The van der Waals surface area contributed by atoms with Gasteiger partial charge in [0.2, 0.25) is 11.8 Å². The monoisotopic (exact) mass is 352 g/mol. The lowest BCUT2D eigenvalue weighted by molar-refractivity contribution is -0.129. The van der Waals surface area contributed by atoms with Gasteiger partial charge in [-0.2, -0.15) is 0 Å². The Kier molecular flexibility index (Phi) is 5.89. The van der Waals surface area contributed by atoms with Crippen LogP contribution in [0.15, 0.2) is 48.5 Å². The van der Waals surface area contributed by atoms with Crippen LogP contribution in [0, 0.1) is 0 Å². The number of anilines is 1. The SMILES string of the molecule is COc1ccc(CC(=O)Nc2ccc(CC(=O)N3CCCC3)cc2)cc1. The molecule has 0 bridgehead atoms. The summed E-state index contributed by atoms with van der Waals surface area (Å²) in [7, 11) is 1.62. The normalized spacial score (nSPS) is 13.5. The zero-order valence-electron chi connectivity index (χ0n) is 15.0. The number of carbonyl (C=O) groups is 2. The van der Waals surface area contributed by atoms with E-state index in [1.807, 2.05) is 53.4 Å². The van der Waals surface area contributed by atoms with Crippen molar-refractivity contribution in [2.75, 3.05) is 25.5 Å². The van der Waals surface area contributed by atoms with Gasteiger partial charge in [0, 0.05) is 18.8 Å². The number of benzene rings is 2. The molecule has 5 nitrogen and oxygen atoms in total. The predicted molar refractivity (Wildman–Crippen MR) is 101 cm³/mol. The average molecular weight is 352 g/mol. The second-order valence-electron chi connectivity index (χ2n) is 6.53. The smallest absolute Gasteiger partial charge is 0.228 e. The highest BCUT2D eigenvalue weighted by Crippen LogP contribution is 2.15. The number of hydrogen-bond acceptors (Lipinski definition) is 3.